The molecule has 0 bridgehead atoms. The van der Waals surface area contributed by atoms with Crippen molar-refractivity contribution in [2.24, 2.45) is 0 Å². The predicted octanol–water partition coefficient (Wildman–Crippen LogP) is 17.1. The Morgan fingerprint density at radius 1 is 0.359 bits per heavy atom. The third-order valence-electron chi connectivity index (χ3n) is 9.57. The smallest absolute Gasteiger partial charge is 0.309 e. The highest BCUT2D eigenvalue weighted by atomic mass is 16.6. The van der Waals surface area contributed by atoms with Crippen molar-refractivity contribution in [1.29, 1.82) is 0 Å². The minimum atomic E-state index is -0.620. The van der Waals surface area contributed by atoms with Gasteiger partial charge in [-0.1, -0.05) is 198 Å². The average molecular weight is 879 g/mol. The predicted molar refractivity (Wildman–Crippen MR) is 278 cm³/mol. The number of carbonyl (C=O) groups is 2. The maximum Gasteiger partial charge on any atom is 0.309 e. The highest BCUT2D eigenvalue weighted by molar-refractivity contribution is 5.71. The summed E-state index contributed by atoms with van der Waals surface area (Å²) >= 11 is 0. The lowest BCUT2D eigenvalue weighted by Gasteiger charge is -2.18. The van der Waals surface area contributed by atoms with Gasteiger partial charge in [0.2, 0.25) is 0 Å². The summed E-state index contributed by atoms with van der Waals surface area (Å²) in [6, 6.07) is 0. The topological polar surface area (TPSA) is 61.8 Å². The van der Waals surface area contributed by atoms with Crippen molar-refractivity contribution in [2.75, 3.05) is 19.8 Å². The Morgan fingerprint density at radius 2 is 0.703 bits per heavy atom. The van der Waals surface area contributed by atoms with Gasteiger partial charge in [0.25, 0.3) is 0 Å². The van der Waals surface area contributed by atoms with Crippen LogP contribution in [0.1, 0.15) is 175 Å². The molecule has 0 fully saturated rings. The van der Waals surface area contributed by atoms with E-state index in [1.807, 2.05) is 12.2 Å². The van der Waals surface area contributed by atoms with E-state index in [2.05, 4.69) is 167 Å². The fraction of sp³-hybridized carbons (Fsp3) is 0.525. The Morgan fingerprint density at radius 3 is 1.12 bits per heavy atom. The molecule has 0 aromatic rings. The van der Waals surface area contributed by atoms with Crippen molar-refractivity contribution >= 4 is 11.9 Å². The molecule has 0 aromatic heterocycles. The Labute approximate surface area is 393 Å². The zero-order valence-electron chi connectivity index (χ0n) is 40.7. The van der Waals surface area contributed by atoms with Crippen molar-refractivity contribution in [2.45, 2.75) is 181 Å². The van der Waals surface area contributed by atoms with E-state index in [1.165, 1.54) is 0 Å². The molecule has 0 saturated carbocycles. The van der Waals surface area contributed by atoms with Crippen LogP contribution in [0, 0.1) is 0 Å². The molecular formula is C59H90O5. The Bertz CT molecular complexity index is 1460. The van der Waals surface area contributed by atoms with E-state index in [9.17, 15) is 9.59 Å². The first-order valence-corrected chi connectivity index (χ1v) is 25.0. The Kier molecular flexibility index (Phi) is 49.2. The second-order valence-corrected chi connectivity index (χ2v) is 15.6. The molecule has 0 N–H and O–H groups in total. The van der Waals surface area contributed by atoms with E-state index in [-0.39, 0.29) is 31.6 Å². The summed E-state index contributed by atoms with van der Waals surface area (Å²) in [5, 5.41) is 0. The molecule has 356 valence electrons. The van der Waals surface area contributed by atoms with Crippen LogP contribution in [-0.2, 0) is 23.8 Å². The van der Waals surface area contributed by atoms with E-state index in [1.54, 1.807) is 0 Å². The molecule has 0 rings (SSSR count). The summed E-state index contributed by atoms with van der Waals surface area (Å²) in [7, 11) is 0. The maximum atomic E-state index is 12.8. The summed E-state index contributed by atoms with van der Waals surface area (Å²) in [6.45, 7) is 7.22. The van der Waals surface area contributed by atoms with Crippen LogP contribution in [0.2, 0.25) is 0 Å². The van der Waals surface area contributed by atoms with Gasteiger partial charge in [-0.05, 0) is 122 Å². The third-order valence-corrected chi connectivity index (χ3v) is 9.57. The van der Waals surface area contributed by atoms with Crippen LogP contribution in [-0.4, -0.2) is 37.9 Å². The first kappa shape index (κ1) is 59.5. The number of hydrogen-bond acceptors (Lipinski definition) is 5. The molecule has 64 heavy (non-hydrogen) atoms. The van der Waals surface area contributed by atoms with Gasteiger partial charge in [0.15, 0.2) is 6.10 Å². The number of hydrogen-bond donors (Lipinski definition) is 0. The first-order chi connectivity index (χ1) is 31.6. The highest BCUT2D eigenvalue weighted by Gasteiger charge is 2.17. The lowest BCUT2D eigenvalue weighted by atomic mass is 10.1. The normalized spacial score (nSPS) is 13.6. The second kappa shape index (κ2) is 52.9. The largest absolute Gasteiger partial charge is 0.461 e. The fourth-order valence-corrected chi connectivity index (χ4v) is 5.97. The van der Waals surface area contributed by atoms with Gasteiger partial charge in [0.1, 0.15) is 6.61 Å². The lowest BCUT2D eigenvalue weighted by molar-refractivity contribution is -0.162. The number of rotatable bonds is 43. The van der Waals surface area contributed by atoms with E-state index in [0.29, 0.717) is 13.0 Å². The van der Waals surface area contributed by atoms with E-state index < -0.39 is 6.10 Å². The standard InChI is InChI=1S/C59H90O5/c1-4-7-10-13-16-19-22-25-28-29-30-33-36-39-42-45-48-51-54-62-55-57(64-59(61)53-50-47-44-41-38-35-32-27-24-21-18-15-12-9-6-3)56-63-58(60)52-49-46-43-40-37-34-31-26-23-20-17-14-11-8-5-2/h7-12,16-21,25-28,30-33,37,39-40,42,46,49,57H,4-6,13-15,22-24,29,34-36,38,41,43-45,47-48,50-56H2,1-3H3/b10-7-,11-8-,12-9-,19-16-,20-17-,21-18-,28-25-,31-26-,32-27-,33-30-,40-37-,42-39-,49-46-. The first-order valence-electron chi connectivity index (χ1n) is 25.0. The number of carbonyl (C=O) groups excluding carboxylic acids is 2. The number of unbranched alkanes of at least 4 members (excludes halogenated alkanes) is 7. The molecule has 1 atom stereocenters. The maximum absolute atomic E-state index is 12.8. The molecule has 0 heterocycles. The second-order valence-electron chi connectivity index (χ2n) is 15.6. The van der Waals surface area contributed by atoms with E-state index >= 15 is 0 Å². The van der Waals surface area contributed by atoms with Crippen molar-refractivity contribution < 1.29 is 23.8 Å². The molecule has 0 aromatic carbocycles. The molecule has 0 amide bonds. The number of esters is 2. The number of allylic oxidation sites excluding steroid dienone is 25. The van der Waals surface area contributed by atoms with Crippen LogP contribution in [0.4, 0.5) is 0 Å². The van der Waals surface area contributed by atoms with Gasteiger partial charge >= 0.3 is 11.9 Å². The number of ether oxygens (including phenoxy) is 3. The Hall–Kier alpha value is -4.48. The summed E-state index contributed by atoms with van der Waals surface area (Å²) in [4.78, 5) is 25.3. The van der Waals surface area contributed by atoms with Gasteiger partial charge < -0.3 is 14.2 Å². The minimum absolute atomic E-state index is 0.00543. The van der Waals surface area contributed by atoms with Crippen LogP contribution in [0.15, 0.2) is 158 Å². The summed E-state index contributed by atoms with van der Waals surface area (Å²) in [6.07, 6.45) is 78.5. The quantitative estimate of drug-likeness (QED) is 0.0347. The average Bonchev–Trinajstić information content (AvgIpc) is 3.30. The zero-order chi connectivity index (χ0) is 46.3. The summed E-state index contributed by atoms with van der Waals surface area (Å²) in [5.41, 5.74) is 0. The van der Waals surface area contributed by atoms with Crippen LogP contribution in [0.25, 0.3) is 0 Å². The fourth-order valence-electron chi connectivity index (χ4n) is 5.97. The van der Waals surface area contributed by atoms with Crippen LogP contribution in [0.5, 0.6) is 0 Å². The molecule has 5 heteroatoms. The van der Waals surface area contributed by atoms with Crippen molar-refractivity contribution in [3.05, 3.63) is 158 Å². The van der Waals surface area contributed by atoms with Crippen LogP contribution >= 0.6 is 0 Å². The molecule has 0 aliphatic heterocycles. The minimum Gasteiger partial charge on any atom is -0.461 e. The molecule has 0 radical (unpaired) electrons. The monoisotopic (exact) mass is 879 g/mol. The summed E-state index contributed by atoms with van der Waals surface area (Å²) in [5.74, 6) is -0.604. The van der Waals surface area contributed by atoms with Gasteiger partial charge in [-0.3, -0.25) is 9.59 Å². The van der Waals surface area contributed by atoms with Crippen molar-refractivity contribution in [1.82, 2.24) is 0 Å². The SMILES string of the molecule is CC/C=C\C/C=C\C/C=C\C/C=C\C/C=C\CCCCOCC(COC(=O)C/C=C\C/C=C\C/C=C\C/C=C\C/C=C\CC)OC(=O)CCCCCCC/C=C\C/C=C\C/C=C\CC. The molecule has 0 aliphatic rings. The summed E-state index contributed by atoms with van der Waals surface area (Å²) < 4.78 is 17.2. The zero-order valence-corrected chi connectivity index (χ0v) is 40.7. The highest BCUT2D eigenvalue weighted by Crippen LogP contribution is 2.11. The van der Waals surface area contributed by atoms with Crippen LogP contribution < -0.4 is 0 Å². The third kappa shape index (κ3) is 50.2. The molecule has 0 spiro atoms. The molecule has 5 nitrogen and oxygen atoms in total. The van der Waals surface area contributed by atoms with E-state index in [4.69, 9.17) is 14.2 Å². The van der Waals surface area contributed by atoms with Crippen molar-refractivity contribution in [3.63, 3.8) is 0 Å². The molecular weight excluding hydrogens is 789 g/mol. The molecule has 0 saturated heterocycles. The molecule has 1 unspecified atom stereocenters. The van der Waals surface area contributed by atoms with Gasteiger partial charge in [0, 0.05) is 13.0 Å². The molecule has 0 aliphatic carbocycles. The Balaban J connectivity index is 4.55. The van der Waals surface area contributed by atoms with Gasteiger partial charge in [-0.2, -0.15) is 0 Å². The van der Waals surface area contributed by atoms with Gasteiger partial charge in [0.05, 0.1) is 13.0 Å². The van der Waals surface area contributed by atoms with Crippen molar-refractivity contribution in [3.8, 4) is 0 Å². The van der Waals surface area contributed by atoms with Gasteiger partial charge in [-0.15, -0.1) is 0 Å². The van der Waals surface area contributed by atoms with Crippen LogP contribution in [0.3, 0.4) is 0 Å². The van der Waals surface area contributed by atoms with E-state index in [0.717, 1.165) is 141 Å². The van der Waals surface area contributed by atoms with Gasteiger partial charge in [-0.25, -0.2) is 0 Å². The lowest BCUT2D eigenvalue weighted by Crippen LogP contribution is -2.30.